The second-order valence-electron chi connectivity index (χ2n) is 7.40. The second kappa shape index (κ2) is 10.3. The molecule has 0 atom stereocenters. The largest absolute Gasteiger partial charge is 0.496 e. The van der Waals surface area contributed by atoms with Crippen molar-refractivity contribution >= 4 is 41.7 Å². The van der Waals surface area contributed by atoms with Crippen LogP contribution < -0.4 is 20.1 Å². The highest BCUT2D eigenvalue weighted by Crippen LogP contribution is 2.33. The maximum absolute atomic E-state index is 12.6. The van der Waals surface area contributed by atoms with Crippen molar-refractivity contribution in [2.24, 2.45) is 0 Å². The minimum Gasteiger partial charge on any atom is -0.496 e. The van der Waals surface area contributed by atoms with Gasteiger partial charge in [0.2, 0.25) is 0 Å². The van der Waals surface area contributed by atoms with Crippen molar-refractivity contribution in [1.82, 2.24) is 15.5 Å². The quantitative estimate of drug-likeness (QED) is 0.352. The number of amides is 3. The number of benzene rings is 1. The molecule has 166 valence electrons. The molecule has 0 aliphatic carbocycles. The van der Waals surface area contributed by atoms with Crippen molar-refractivity contribution in [2.45, 2.75) is 37.6 Å². The molecule has 2 aliphatic rings. The van der Waals surface area contributed by atoms with Crippen LogP contribution in [0.4, 0.5) is 4.79 Å². The van der Waals surface area contributed by atoms with Crippen LogP contribution in [0.1, 0.15) is 42.5 Å². The van der Waals surface area contributed by atoms with Crippen LogP contribution in [0.15, 0.2) is 12.1 Å². The van der Waals surface area contributed by atoms with Crippen LogP contribution in [0.3, 0.4) is 0 Å². The molecule has 1 spiro atoms. The number of carbonyl (C=O) groups excluding carboxylic acids is 3. The SMILES string of the molecule is COc1cc(OC)c(C(=O)CCCCN2CCC3(CC2)NC(=O)NC3=O)cc1Cl.Cl. The molecule has 0 saturated carbocycles. The summed E-state index contributed by atoms with van der Waals surface area (Å²) in [6.07, 6.45) is 3.21. The van der Waals surface area contributed by atoms with Gasteiger partial charge in [0.1, 0.15) is 17.0 Å². The highest BCUT2D eigenvalue weighted by molar-refractivity contribution is 6.32. The molecular formula is C20H27Cl2N3O5. The molecule has 2 fully saturated rings. The van der Waals surface area contributed by atoms with Gasteiger partial charge in [-0.3, -0.25) is 14.9 Å². The first-order valence-corrected chi connectivity index (χ1v) is 10.1. The molecule has 3 rings (SSSR count). The number of nitrogens with zero attached hydrogens (tertiary/aromatic N) is 1. The Morgan fingerprint density at radius 3 is 2.37 bits per heavy atom. The van der Waals surface area contributed by atoms with E-state index in [0.29, 0.717) is 41.3 Å². The second-order valence-corrected chi connectivity index (χ2v) is 7.81. The van der Waals surface area contributed by atoms with E-state index in [-0.39, 0.29) is 24.1 Å². The van der Waals surface area contributed by atoms with Gasteiger partial charge >= 0.3 is 6.03 Å². The van der Waals surface area contributed by atoms with E-state index in [1.54, 1.807) is 12.1 Å². The van der Waals surface area contributed by atoms with Gasteiger partial charge < -0.3 is 19.7 Å². The van der Waals surface area contributed by atoms with Crippen molar-refractivity contribution < 1.29 is 23.9 Å². The smallest absolute Gasteiger partial charge is 0.322 e. The molecule has 0 bridgehead atoms. The fourth-order valence-electron chi connectivity index (χ4n) is 3.87. The number of piperidine rings is 1. The molecule has 0 aromatic heterocycles. The molecule has 0 radical (unpaired) electrons. The van der Waals surface area contributed by atoms with Gasteiger partial charge in [0.05, 0.1) is 24.8 Å². The Hall–Kier alpha value is -2.03. The average Bonchev–Trinajstić information content (AvgIpc) is 2.98. The zero-order chi connectivity index (χ0) is 21.0. The first-order valence-electron chi connectivity index (χ1n) is 9.69. The number of Topliss-reactive ketones (excluding diaryl/α,β-unsaturated/α-hetero) is 1. The Labute approximate surface area is 187 Å². The summed E-state index contributed by atoms with van der Waals surface area (Å²) in [7, 11) is 3.02. The summed E-state index contributed by atoms with van der Waals surface area (Å²) in [5, 5.41) is 5.46. The van der Waals surface area contributed by atoms with E-state index >= 15 is 0 Å². The number of halogens is 2. The predicted molar refractivity (Wildman–Crippen MR) is 115 cm³/mol. The van der Waals surface area contributed by atoms with Crippen molar-refractivity contribution in [2.75, 3.05) is 33.9 Å². The number of carbonyl (C=O) groups is 3. The van der Waals surface area contributed by atoms with Crippen LogP contribution in [-0.2, 0) is 4.79 Å². The fraction of sp³-hybridized carbons (Fsp3) is 0.550. The Bertz CT molecular complexity index is 810. The third kappa shape index (κ3) is 5.17. The Balaban J connectivity index is 0.00000320. The minimum atomic E-state index is -0.742. The van der Waals surface area contributed by atoms with Gasteiger partial charge in [-0.1, -0.05) is 11.6 Å². The summed E-state index contributed by atoms with van der Waals surface area (Å²) in [6, 6.07) is 2.81. The monoisotopic (exact) mass is 459 g/mol. The normalized spacial score (nSPS) is 17.8. The number of urea groups is 1. The van der Waals surface area contributed by atoms with Gasteiger partial charge in [-0.2, -0.15) is 0 Å². The predicted octanol–water partition coefficient (Wildman–Crippen LogP) is 2.81. The van der Waals surface area contributed by atoms with E-state index in [2.05, 4.69) is 15.5 Å². The molecule has 8 nitrogen and oxygen atoms in total. The third-order valence-electron chi connectivity index (χ3n) is 5.63. The molecule has 2 aliphatic heterocycles. The van der Waals surface area contributed by atoms with Gasteiger partial charge in [-0.05, 0) is 38.3 Å². The van der Waals surface area contributed by atoms with Crippen LogP contribution >= 0.6 is 24.0 Å². The first-order chi connectivity index (χ1) is 13.9. The molecular weight excluding hydrogens is 433 g/mol. The van der Waals surface area contributed by atoms with E-state index in [0.717, 1.165) is 32.5 Å². The summed E-state index contributed by atoms with van der Waals surface area (Å²) in [6.45, 7) is 2.33. The number of unbranched alkanes of at least 4 members (excludes halogenated alkanes) is 1. The van der Waals surface area contributed by atoms with Crippen LogP contribution in [0, 0.1) is 0 Å². The maximum atomic E-state index is 12.6. The summed E-state index contributed by atoms with van der Waals surface area (Å²) < 4.78 is 10.5. The molecule has 0 unspecified atom stereocenters. The molecule has 10 heteroatoms. The number of ether oxygens (including phenoxy) is 2. The van der Waals surface area contributed by atoms with Crippen molar-refractivity contribution in [3.8, 4) is 11.5 Å². The Kier molecular flexibility index (Phi) is 8.34. The lowest BCUT2D eigenvalue weighted by molar-refractivity contribution is -0.125. The number of methoxy groups -OCH3 is 2. The number of imide groups is 1. The van der Waals surface area contributed by atoms with Crippen LogP contribution in [0.2, 0.25) is 5.02 Å². The molecule has 30 heavy (non-hydrogen) atoms. The topological polar surface area (TPSA) is 97.0 Å². The summed E-state index contributed by atoms with van der Waals surface area (Å²) in [5.41, 5.74) is -0.283. The Morgan fingerprint density at radius 1 is 1.13 bits per heavy atom. The lowest BCUT2D eigenvalue weighted by Gasteiger charge is -2.36. The number of rotatable bonds is 8. The summed E-state index contributed by atoms with van der Waals surface area (Å²) >= 11 is 6.14. The summed E-state index contributed by atoms with van der Waals surface area (Å²) in [5.74, 6) is 0.679. The highest BCUT2D eigenvalue weighted by atomic mass is 35.5. The lowest BCUT2D eigenvalue weighted by atomic mass is 9.87. The van der Waals surface area contributed by atoms with Crippen LogP contribution in [0.5, 0.6) is 11.5 Å². The maximum Gasteiger partial charge on any atom is 0.322 e. The standard InChI is InChI=1S/C20H26ClN3O5.ClH/c1-28-16-12-17(29-2)14(21)11-13(16)15(25)5-3-4-8-24-9-6-20(7-10-24)18(26)22-19(27)23-20;/h11-12H,3-10H2,1-2H3,(H2,22,23,26,27);1H. The van der Waals surface area contributed by atoms with Gasteiger partial charge in [-0.25, -0.2) is 4.79 Å². The van der Waals surface area contributed by atoms with E-state index in [1.165, 1.54) is 14.2 Å². The molecule has 1 aromatic carbocycles. The van der Waals surface area contributed by atoms with E-state index in [4.69, 9.17) is 21.1 Å². The highest BCUT2D eigenvalue weighted by Gasteiger charge is 2.47. The number of hydrogen-bond donors (Lipinski definition) is 2. The minimum absolute atomic E-state index is 0. The molecule has 1 aromatic rings. The third-order valence-corrected chi connectivity index (χ3v) is 5.92. The van der Waals surface area contributed by atoms with Crippen molar-refractivity contribution in [3.05, 3.63) is 22.7 Å². The molecule has 2 N–H and O–H groups in total. The first kappa shape index (κ1) is 24.2. The van der Waals surface area contributed by atoms with Gasteiger partial charge in [-0.15, -0.1) is 12.4 Å². The van der Waals surface area contributed by atoms with E-state index in [1.807, 2.05) is 0 Å². The zero-order valence-corrected chi connectivity index (χ0v) is 18.7. The lowest BCUT2D eigenvalue weighted by Crippen LogP contribution is -2.54. The van der Waals surface area contributed by atoms with Gasteiger partial charge in [0, 0.05) is 25.6 Å². The Morgan fingerprint density at radius 2 is 1.80 bits per heavy atom. The van der Waals surface area contributed by atoms with Crippen molar-refractivity contribution in [1.29, 1.82) is 0 Å². The number of hydrogen-bond acceptors (Lipinski definition) is 6. The number of ketones is 1. The average molecular weight is 460 g/mol. The molecule has 2 heterocycles. The van der Waals surface area contributed by atoms with Crippen molar-refractivity contribution in [3.63, 3.8) is 0 Å². The van der Waals surface area contributed by atoms with E-state index in [9.17, 15) is 14.4 Å². The zero-order valence-electron chi connectivity index (χ0n) is 17.1. The number of nitrogens with one attached hydrogen (secondary N) is 2. The van der Waals surface area contributed by atoms with Crippen LogP contribution in [-0.4, -0.2) is 62.0 Å². The fourth-order valence-corrected chi connectivity index (χ4v) is 4.11. The van der Waals surface area contributed by atoms with Crippen LogP contribution in [0.25, 0.3) is 0 Å². The number of likely N-dealkylation sites (tertiary alicyclic amines) is 1. The molecule has 3 amide bonds. The van der Waals surface area contributed by atoms with Gasteiger partial charge in [0.25, 0.3) is 5.91 Å². The van der Waals surface area contributed by atoms with E-state index < -0.39 is 11.6 Å². The van der Waals surface area contributed by atoms with Gasteiger partial charge in [0.15, 0.2) is 5.78 Å². The summed E-state index contributed by atoms with van der Waals surface area (Å²) in [4.78, 5) is 38.2. The molecule has 2 saturated heterocycles.